The Bertz CT molecular complexity index is 1740. The van der Waals surface area contributed by atoms with Gasteiger partial charge in [-0.25, -0.2) is 0 Å². The molecule has 3 aromatic rings. The number of amides is 6. The summed E-state index contributed by atoms with van der Waals surface area (Å²) in [7, 11) is 0. The molecule has 5 N–H and O–H groups in total. The fourth-order valence-electron chi connectivity index (χ4n) is 6.24. The van der Waals surface area contributed by atoms with Crippen LogP contribution in [0.25, 0.3) is 5.69 Å². The van der Waals surface area contributed by atoms with E-state index in [2.05, 4.69) is 36.8 Å². The van der Waals surface area contributed by atoms with Crippen molar-refractivity contribution in [2.75, 3.05) is 19.6 Å². The molecule has 15 heteroatoms. The molecule has 2 aromatic carbocycles. The van der Waals surface area contributed by atoms with E-state index in [-0.39, 0.29) is 31.2 Å². The van der Waals surface area contributed by atoms with Crippen LogP contribution in [-0.4, -0.2) is 92.9 Å². The van der Waals surface area contributed by atoms with Crippen molar-refractivity contribution in [1.29, 1.82) is 0 Å². The van der Waals surface area contributed by atoms with Crippen molar-refractivity contribution in [3.8, 4) is 5.69 Å². The first-order valence-electron chi connectivity index (χ1n) is 16.8. The van der Waals surface area contributed by atoms with E-state index in [0.29, 0.717) is 42.3 Å². The Labute approximate surface area is 290 Å². The van der Waals surface area contributed by atoms with Gasteiger partial charge in [-0.1, -0.05) is 56.3 Å². The summed E-state index contributed by atoms with van der Waals surface area (Å²) in [6.45, 7) is 4.91. The van der Waals surface area contributed by atoms with Crippen molar-refractivity contribution < 1.29 is 28.8 Å². The smallest absolute Gasteiger partial charge is 0.256 e. The average molecular weight is 686 g/mol. The second-order valence-electron chi connectivity index (χ2n) is 12.9. The van der Waals surface area contributed by atoms with Crippen LogP contribution in [0.1, 0.15) is 60.7 Å². The zero-order valence-corrected chi connectivity index (χ0v) is 28.4. The molecule has 5 rings (SSSR count). The SMILES string of the molecule is Cc1nnc2n1-c1ccccc1C(=O)N1CCC[C@H]1C(=O)NCC(=O)N[C@@H](CC(C)C)C(=O)NCC(=O)N[C@@H](Cc1ccccc1)C(=O)NC2. The number of carbonyl (C=O) groups is 6. The molecule has 3 atom stereocenters. The molecule has 3 heterocycles. The Morgan fingerprint density at radius 1 is 0.760 bits per heavy atom. The lowest BCUT2D eigenvalue weighted by atomic mass is 10.0. The van der Waals surface area contributed by atoms with Crippen molar-refractivity contribution in [1.82, 2.24) is 46.2 Å². The zero-order chi connectivity index (χ0) is 35.8. The van der Waals surface area contributed by atoms with E-state index in [4.69, 9.17) is 0 Å². The zero-order valence-electron chi connectivity index (χ0n) is 28.4. The Hall–Kier alpha value is -5.60. The number of aromatic nitrogens is 3. The molecule has 0 saturated carbocycles. The maximum Gasteiger partial charge on any atom is 0.256 e. The molecule has 0 radical (unpaired) electrons. The molecule has 264 valence electrons. The van der Waals surface area contributed by atoms with Gasteiger partial charge in [0.25, 0.3) is 5.91 Å². The molecule has 15 nitrogen and oxygen atoms in total. The van der Waals surface area contributed by atoms with Crippen molar-refractivity contribution in [3.63, 3.8) is 0 Å². The summed E-state index contributed by atoms with van der Waals surface area (Å²) in [4.78, 5) is 81.7. The summed E-state index contributed by atoms with van der Waals surface area (Å²) in [5.74, 6) is -2.33. The molecular formula is C35H43N9O6. The number of hydrogen-bond donors (Lipinski definition) is 5. The summed E-state index contributed by atoms with van der Waals surface area (Å²) in [6.07, 6.45) is 1.45. The van der Waals surface area contributed by atoms with Gasteiger partial charge in [0.15, 0.2) is 5.82 Å². The van der Waals surface area contributed by atoms with E-state index < -0.39 is 60.8 Å². The van der Waals surface area contributed by atoms with Crippen molar-refractivity contribution in [2.24, 2.45) is 5.92 Å². The van der Waals surface area contributed by atoms with Gasteiger partial charge in [-0.05, 0) is 49.8 Å². The van der Waals surface area contributed by atoms with Crippen LogP contribution in [0, 0.1) is 12.8 Å². The van der Waals surface area contributed by atoms with Gasteiger partial charge in [-0.15, -0.1) is 10.2 Å². The van der Waals surface area contributed by atoms with E-state index in [1.165, 1.54) is 4.90 Å². The molecule has 1 saturated heterocycles. The van der Waals surface area contributed by atoms with Crippen LogP contribution in [0.5, 0.6) is 0 Å². The lowest BCUT2D eigenvalue weighted by Gasteiger charge is -2.26. The Morgan fingerprint density at radius 3 is 2.10 bits per heavy atom. The predicted molar refractivity (Wildman–Crippen MR) is 181 cm³/mol. The van der Waals surface area contributed by atoms with Gasteiger partial charge in [-0.2, -0.15) is 0 Å². The summed E-state index contributed by atoms with van der Waals surface area (Å²) >= 11 is 0. The summed E-state index contributed by atoms with van der Waals surface area (Å²) < 4.78 is 1.67. The fraction of sp³-hybridized carbons (Fsp3) is 0.429. The minimum absolute atomic E-state index is 0.0162. The quantitative estimate of drug-likeness (QED) is 0.259. The minimum atomic E-state index is -1.01. The van der Waals surface area contributed by atoms with Crippen LogP contribution in [0.2, 0.25) is 0 Å². The highest BCUT2D eigenvalue weighted by atomic mass is 16.2. The molecule has 0 unspecified atom stereocenters. The normalized spacial score (nSPS) is 21.4. The number of nitrogens with one attached hydrogen (secondary N) is 5. The Balaban J connectivity index is 1.48. The van der Waals surface area contributed by atoms with Crippen LogP contribution in [0.3, 0.4) is 0 Å². The van der Waals surface area contributed by atoms with Crippen LogP contribution in [0.15, 0.2) is 54.6 Å². The lowest BCUT2D eigenvalue weighted by Crippen LogP contribution is -2.54. The maximum atomic E-state index is 14.1. The second kappa shape index (κ2) is 16.2. The van der Waals surface area contributed by atoms with Gasteiger partial charge in [0.2, 0.25) is 29.5 Å². The van der Waals surface area contributed by atoms with Gasteiger partial charge >= 0.3 is 0 Å². The second-order valence-corrected chi connectivity index (χ2v) is 12.9. The van der Waals surface area contributed by atoms with Crippen molar-refractivity contribution in [2.45, 2.75) is 71.1 Å². The topological polar surface area (TPSA) is 197 Å². The standard InChI is InChI=1S/C35H43N9O6/c1-21(2)16-25-32(47)37-19-30(45)40-26(17-23-10-5-4-6-11-23)33(48)36-18-29-42-41-22(3)44(29)27-13-8-7-12-24(27)35(50)43-15-9-14-28(43)34(49)38-20-31(46)39-25/h4-8,10-13,21,25-26,28H,9,14-20H2,1-3H3,(H,36,48)(H,37,47)(H,38,49)(H,39,46)(H,40,45)/t25-,26-,28-/m0/s1. The number of carbonyl (C=O) groups excluding carboxylic acids is 6. The fourth-order valence-corrected chi connectivity index (χ4v) is 6.24. The molecule has 0 aliphatic carbocycles. The summed E-state index contributed by atoms with van der Waals surface area (Å²) in [5, 5.41) is 21.9. The first-order valence-corrected chi connectivity index (χ1v) is 16.8. The van der Waals surface area contributed by atoms with Gasteiger partial charge in [0.1, 0.15) is 23.9 Å². The van der Waals surface area contributed by atoms with Crippen LogP contribution >= 0.6 is 0 Å². The minimum Gasteiger partial charge on any atom is -0.347 e. The number of aryl methyl sites for hydroxylation is 1. The average Bonchev–Trinajstić information content (AvgIpc) is 3.74. The van der Waals surface area contributed by atoms with Gasteiger partial charge in [0.05, 0.1) is 30.9 Å². The first-order chi connectivity index (χ1) is 24.0. The largest absolute Gasteiger partial charge is 0.347 e. The van der Waals surface area contributed by atoms with E-state index in [1.807, 2.05) is 44.2 Å². The number of para-hydroxylation sites is 1. The molecule has 2 aliphatic heterocycles. The molecule has 6 amide bonds. The Kier molecular flexibility index (Phi) is 11.6. The molecular weight excluding hydrogens is 642 g/mol. The third-order valence-electron chi connectivity index (χ3n) is 8.64. The first kappa shape index (κ1) is 35.7. The van der Waals surface area contributed by atoms with Crippen molar-refractivity contribution in [3.05, 3.63) is 77.4 Å². The maximum absolute atomic E-state index is 14.1. The monoisotopic (exact) mass is 685 g/mol. The van der Waals surface area contributed by atoms with Crippen LogP contribution in [0.4, 0.5) is 0 Å². The van der Waals surface area contributed by atoms with E-state index >= 15 is 0 Å². The molecule has 0 spiro atoms. The predicted octanol–water partition coefficient (Wildman–Crippen LogP) is 0.301. The summed E-state index contributed by atoms with van der Waals surface area (Å²) in [5.41, 5.74) is 1.58. The van der Waals surface area contributed by atoms with Crippen LogP contribution < -0.4 is 26.6 Å². The molecule has 1 aromatic heterocycles. The molecule has 50 heavy (non-hydrogen) atoms. The highest BCUT2D eigenvalue weighted by molar-refractivity contribution is 6.01. The molecule has 0 bridgehead atoms. The number of nitrogens with zero attached hydrogens (tertiary/aromatic N) is 4. The lowest BCUT2D eigenvalue weighted by molar-refractivity contribution is -0.132. The van der Waals surface area contributed by atoms with E-state index in [1.54, 1.807) is 35.8 Å². The highest BCUT2D eigenvalue weighted by Gasteiger charge is 2.36. The van der Waals surface area contributed by atoms with E-state index in [0.717, 1.165) is 5.56 Å². The Morgan fingerprint density at radius 2 is 1.38 bits per heavy atom. The number of benzene rings is 2. The van der Waals surface area contributed by atoms with Gasteiger partial charge in [-0.3, -0.25) is 33.3 Å². The third-order valence-corrected chi connectivity index (χ3v) is 8.64. The molecule has 2 aliphatic rings. The van der Waals surface area contributed by atoms with Crippen LogP contribution in [-0.2, 0) is 36.9 Å². The van der Waals surface area contributed by atoms with Crippen molar-refractivity contribution >= 4 is 35.4 Å². The number of fused-ring (bicyclic) bond motifs is 4. The van der Waals surface area contributed by atoms with Gasteiger partial charge in [0, 0.05) is 13.0 Å². The highest BCUT2D eigenvalue weighted by Crippen LogP contribution is 2.25. The number of rotatable bonds is 4. The third kappa shape index (κ3) is 8.70. The molecule has 1 fully saturated rings. The number of hydrogen-bond acceptors (Lipinski definition) is 8. The summed E-state index contributed by atoms with van der Waals surface area (Å²) in [6, 6.07) is 13.3. The van der Waals surface area contributed by atoms with Gasteiger partial charge < -0.3 is 31.5 Å². The van der Waals surface area contributed by atoms with E-state index in [9.17, 15) is 28.8 Å².